The van der Waals surface area contributed by atoms with E-state index in [0.29, 0.717) is 13.0 Å². The second-order valence-electron chi connectivity index (χ2n) is 5.03. The van der Waals surface area contributed by atoms with Gasteiger partial charge in [-0.2, -0.15) is 0 Å². The highest BCUT2D eigenvalue weighted by molar-refractivity contribution is 5.82. The maximum Gasteiger partial charge on any atom is 0.326 e. The molecule has 0 saturated heterocycles. The number of rotatable bonds is 8. The molecule has 1 rings (SSSR count). The number of nitrogens with one attached hydrogen (secondary N) is 2. The molecule has 0 saturated carbocycles. The number of aryl methyl sites for hydroxylation is 1. The molecule has 0 aromatic heterocycles. The van der Waals surface area contributed by atoms with E-state index in [4.69, 9.17) is 5.11 Å². The summed E-state index contributed by atoms with van der Waals surface area (Å²) < 4.78 is 0. The summed E-state index contributed by atoms with van der Waals surface area (Å²) >= 11 is 0. The van der Waals surface area contributed by atoms with Crippen molar-refractivity contribution in [3.63, 3.8) is 0 Å². The fraction of sp³-hybridized carbons (Fsp3) is 0.500. The van der Waals surface area contributed by atoms with Gasteiger partial charge in [-0.05, 0) is 24.0 Å². The molecule has 5 nitrogen and oxygen atoms in total. The number of hydrogen-bond acceptors (Lipinski definition) is 2. The van der Waals surface area contributed by atoms with Gasteiger partial charge in [-0.15, -0.1) is 0 Å². The second kappa shape index (κ2) is 9.00. The summed E-state index contributed by atoms with van der Waals surface area (Å²) in [5.41, 5.74) is 2.23. The number of carboxylic acid groups (broad SMARTS) is 1. The van der Waals surface area contributed by atoms with Crippen molar-refractivity contribution >= 4 is 12.0 Å². The van der Waals surface area contributed by atoms with E-state index in [0.717, 1.165) is 24.8 Å². The van der Waals surface area contributed by atoms with Gasteiger partial charge < -0.3 is 15.7 Å². The highest BCUT2D eigenvalue weighted by Crippen LogP contribution is 2.05. The van der Waals surface area contributed by atoms with Crippen molar-refractivity contribution in [1.82, 2.24) is 10.6 Å². The van der Waals surface area contributed by atoms with Gasteiger partial charge in [-0.25, -0.2) is 9.59 Å². The van der Waals surface area contributed by atoms with Gasteiger partial charge in [0.2, 0.25) is 0 Å². The van der Waals surface area contributed by atoms with Crippen LogP contribution in [0, 0.1) is 0 Å². The smallest absolute Gasteiger partial charge is 0.326 e. The van der Waals surface area contributed by atoms with Crippen LogP contribution in [-0.4, -0.2) is 23.1 Å². The minimum Gasteiger partial charge on any atom is -0.480 e. The molecule has 3 N–H and O–H groups in total. The zero-order chi connectivity index (χ0) is 15.7. The highest BCUT2D eigenvalue weighted by Gasteiger charge is 2.18. The molecule has 0 radical (unpaired) electrons. The quantitative estimate of drug-likeness (QED) is 0.689. The van der Waals surface area contributed by atoms with Crippen molar-refractivity contribution in [2.75, 3.05) is 0 Å². The number of hydrogen-bond donors (Lipinski definition) is 3. The maximum absolute atomic E-state index is 11.7. The van der Waals surface area contributed by atoms with Gasteiger partial charge in [0.25, 0.3) is 0 Å². The Labute approximate surface area is 125 Å². The lowest BCUT2D eigenvalue weighted by Crippen LogP contribution is -2.45. The first-order chi connectivity index (χ1) is 10.1. The topological polar surface area (TPSA) is 78.4 Å². The molecule has 0 unspecified atom stereocenters. The molecule has 2 amide bonds. The van der Waals surface area contributed by atoms with Crippen LogP contribution in [0.25, 0.3) is 0 Å². The van der Waals surface area contributed by atoms with Crippen molar-refractivity contribution in [3.8, 4) is 0 Å². The number of urea groups is 1. The first-order valence-corrected chi connectivity index (χ1v) is 7.41. The summed E-state index contributed by atoms with van der Waals surface area (Å²) in [7, 11) is 0. The van der Waals surface area contributed by atoms with Crippen LogP contribution in [0.2, 0.25) is 0 Å². The van der Waals surface area contributed by atoms with Gasteiger partial charge in [0.1, 0.15) is 6.04 Å². The van der Waals surface area contributed by atoms with E-state index >= 15 is 0 Å². The number of carboxylic acids is 1. The molecular weight excluding hydrogens is 268 g/mol. The first kappa shape index (κ1) is 17.0. The van der Waals surface area contributed by atoms with Crippen molar-refractivity contribution in [2.45, 2.75) is 52.1 Å². The van der Waals surface area contributed by atoms with Crippen molar-refractivity contribution in [2.24, 2.45) is 0 Å². The van der Waals surface area contributed by atoms with Gasteiger partial charge >= 0.3 is 12.0 Å². The Balaban J connectivity index is 2.42. The van der Waals surface area contributed by atoms with Crippen LogP contribution in [0.5, 0.6) is 0 Å². The second-order valence-corrected chi connectivity index (χ2v) is 5.03. The number of carbonyl (C=O) groups excluding carboxylic acids is 1. The molecule has 0 aliphatic rings. The van der Waals surface area contributed by atoms with Crippen LogP contribution in [0.1, 0.15) is 44.2 Å². The molecule has 0 heterocycles. The third-order valence-corrected chi connectivity index (χ3v) is 3.33. The standard InChI is InChI=1S/C16H24N2O3/c1-3-5-6-14(15(19)20)18-16(21)17-11-13-9-7-12(4-2)8-10-13/h7-10,14H,3-6,11H2,1-2H3,(H,19,20)(H2,17,18,21)/t14-/m0/s1. The van der Waals surface area contributed by atoms with Gasteiger partial charge in [-0.1, -0.05) is 51.0 Å². The minimum atomic E-state index is -0.995. The van der Waals surface area contributed by atoms with Gasteiger partial charge in [0.15, 0.2) is 0 Å². The fourth-order valence-electron chi connectivity index (χ4n) is 1.95. The van der Waals surface area contributed by atoms with Crippen LogP contribution in [-0.2, 0) is 17.8 Å². The molecule has 0 aliphatic carbocycles. The van der Waals surface area contributed by atoms with Gasteiger partial charge in [0.05, 0.1) is 0 Å². The van der Waals surface area contributed by atoms with Crippen LogP contribution in [0.3, 0.4) is 0 Å². The first-order valence-electron chi connectivity index (χ1n) is 7.41. The molecule has 0 bridgehead atoms. The summed E-state index contributed by atoms with van der Waals surface area (Å²) in [6.07, 6.45) is 3.10. The molecule has 0 aliphatic heterocycles. The average Bonchev–Trinajstić information content (AvgIpc) is 2.49. The molecule has 0 spiro atoms. The third kappa shape index (κ3) is 6.29. The van der Waals surface area contributed by atoms with Crippen LogP contribution in [0.15, 0.2) is 24.3 Å². The largest absolute Gasteiger partial charge is 0.480 e. The van der Waals surface area contributed by atoms with Gasteiger partial charge in [0, 0.05) is 6.54 Å². The summed E-state index contributed by atoms with van der Waals surface area (Å²) in [6.45, 7) is 4.46. The summed E-state index contributed by atoms with van der Waals surface area (Å²) in [5.74, 6) is -0.995. The van der Waals surface area contributed by atoms with E-state index in [1.165, 1.54) is 5.56 Å². The van der Waals surface area contributed by atoms with E-state index in [-0.39, 0.29) is 0 Å². The average molecular weight is 292 g/mol. The predicted molar refractivity (Wildman–Crippen MR) is 82.1 cm³/mol. The molecule has 21 heavy (non-hydrogen) atoms. The zero-order valence-corrected chi connectivity index (χ0v) is 12.7. The Kier molecular flexibility index (Phi) is 7.29. The number of aliphatic carboxylic acids is 1. The third-order valence-electron chi connectivity index (χ3n) is 3.33. The summed E-state index contributed by atoms with van der Waals surface area (Å²) in [5, 5.41) is 14.2. The van der Waals surface area contributed by atoms with Crippen molar-refractivity contribution < 1.29 is 14.7 Å². The van der Waals surface area contributed by atoms with E-state index in [1.54, 1.807) is 0 Å². The molecule has 5 heteroatoms. The Morgan fingerprint density at radius 1 is 1.14 bits per heavy atom. The van der Waals surface area contributed by atoms with Crippen molar-refractivity contribution in [3.05, 3.63) is 35.4 Å². The predicted octanol–water partition coefficient (Wildman–Crippen LogP) is 2.69. The number of unbranched alkanes of at least 4 members (excludes halogenated alkanes) is 1. The summed E-state index contributed by atoms with van der Waals surface area (Å²) in [6, 6.07) is 6.70. The minimum absolute atomic E-state index is 0.385. The molecule has 0 fully saturated rings. The molecule has 1 atom stereocenters. The molecule has 1 aromatic rings. The lowest BCUT2D eigenvalue weighted by molar-refractivity contribution is -0.139. The van der Waals surface area contributed by atoms with E-state index in [2.05, 4.69) is 17.6 Å². The monoisotopic (exact) mass is 292 g/mol. The fourth-order valence-corrected chi connectivity index (χ4v) is 1.95. The zero-order valence-electron chi connectivity index (χ0n) is 12.7. The Bertz CT molecular complexity index is 457. The number of amides is 2. The maximum atomic E-state index is 11.7. The Hall–Kier alpha value is -2.04. The SMILES string of the molecule is CCCC[C@H](NC(=O)NCc1ccc(CC)cc1)C(=O)O. The van der Waals surface area contributed by atoms with Gasteiger partial charge in [-0.3, -0.25) is 0 Å². The normalized spacial score (nSPS) is 11.7. The molecular formula is C16H24N2O3. The van der Waals surface area contributed by atoms with Crippen LogP contribution >= 0.6 is 0 Å². The van der Waals surface area contributed by atoms with E-state index < -0.39 is 18.0 Å². The van der Waals surface area contributed by atoms with Crippen molar-refractivity contribution in [1.29, 1.82) is 0 Å². The van der Waals surface area contributed by atoms with Crippen LogP contribution < -0.4 is 10.6 Å². The van der Waals surface area contributed by atoms with E-state index in [1.807, 2.05) is 31.2 Å². The highest BCUT2D eigenvalue weighted by atomic mass is 16.4. The lowest BCUT2D eigenvalue weighted by Gasteiger charge is -2.14. The summed E-state index contributed by atoms with van der Waals surface area (Å²) in [4.78, 5) is 22.8. The van der Waals surface area contributed by atoms with Crippen LogP contribution in [0.4, 0.5) is 4.79 Å². The Morgan fingerprint density at radius 3 is 2.29 bits per heavy atom. The number of carbonyl (C=O) groups is 2. The Morgan fingerprint density at radius 2 is 1.76 bits per heavy atom. The molecule has 116 valence electrons. The lowest BCUT2D eigenvalue weighted by atomic mass is 10.1. The van der Waals surface area contributed by atoms with E-state index in [9.17, 15) is 9.59 Å². The molecule has 1 aromatic carbocycles. The number of benzene rings is 1.